The summed E-state index contributed by atoms with van der Waals surface area (Å²) in [6.07, 6.45) is 6.41. The van der Waals surface area contributed by atoms with E-state index in [0.717, 1.165) is 24.1 Å². The minimum absolute atomic E-state index is 0.0821. The number of halogens is 1. The van der Waals surface area contributed by atoms with Crippen molar-refractivity contribution in [3.63, 3.8) is 0 Å². The first kappa shape index (κ1) is 28.0. The van der Waals surface area contributed by atoms with Crippen LogP contribution in [0.15, 0.2) is 48.5 Å². The molecule has 0 saturated heterocycles. The van der Waals surface area contributed by atoms with Crippen LogP contribution in [-0.4, -0.2) is 51.9 Å². The predicted molar refractivity (Wildman–Crippen MR) is 142 cm³/mol. The number of hydrogen-bond acceptors (Lipinski definition) is 5. The molecule has 1 fully saturated rings. The number of amides is 2. The topological polar surface area (TPSA) is 88.7 Å². The normalized spacial score (nSPS) is 15.6. The van der Waals surface area contributed by atoms with Crippen LogP contribution in [0.4, 0.5) is 4.79 Å². The summed E-state index contributed by atoms with van der Waals surface area (Å²) in [6, 6.07) is 15.0. The molecule has 0 radical (unpaired) electrons. The van der Waals surface area contributed by atoms with Gasteiger partial charge in [0.15, 0.2) is 0 Å². The molecule has 0 spiro atoms. The third kappa shape index (κ3) is 8.80. The van der Waals surface area contributed by atoms with Crippen molar-refractivity contribution in [3.8, 4) is 0 Å². The molecule has 3 N–H and O–H groups in total. The molecule has 196 valence electrons. The first-order valence-electron chi connectivity index (χ1n) is 12.7. The average Bonchev–Trinajstić information content (AvgIpc) is 2.89. The Morgan fingerprint density at radius 1 is 1.06 bits per heavy atom. The van der Waals surface area contributed by atoms with Crippen LogP contribution in [-0.2, 0) is 9.47 Å². The Morgan fingerprint density at radius 3 is 2.47 bits per heavy atom. The molecule has 2 aromatic rings. The Bertz CT molecular complexity index is 981. The molecule has 0 heterocycles. The van der Waals surface area contributed by atoms with Gasteiger partial charge in [-0.1, -0.05) is 68.0 Å². The van der Waals surface area contributed by atoms with Crippen molar-refractivity contribution in [3.05, 3.63) is 70.2 Å². The smallest absolute Gasteiger partial charge is 0.406 e. The van der Waals surface area contributed by atoms with E-state index in [1.54, 1.807) is 6.07 Å². The highest BCUT2D eigenvalue weighted by molar-refractivity contribution is 6.30. The van der Waals surface area contributed by atoms with Crippen molar-refractivity contribution in [2.24, 2.45) is 5.92 Å². The van der Waals surface area contributed by atoms with E-state index in [2.05, 4.69) is 20.7 Å². The van der Waals surface area contributed by atoms with Crippen LogP contribution in [0.1, 0.15) is 66.1 Å². The van der Waals surface area contributed by atoms with E-state index in [1.165, 1.54) is 39.2 Å². The summed E-state index contributed by atoms with van der Waals surface area (Å²) < 4.78 is 10.8. The number of likely N-dealkylation sites (N-methyl/N-ethyl adjacent to an activating group) is 1. The van der Waals surface area contributed by atoms with Crippen molar-refractivity contribution in [1.29, 1.82) is 0 Å². The maximum absolute atomic E-state index is 13.2. The maximum Gasteiger partial charge on any atom is 0.406 e. The Labute approximate surface area is 219 Å². The SMILES string of the molecule is CNC[C@H](CC1CCCCC1)NC(=O)c1cccc(C(OCCNC(=O)OC)c2cccc(Cl)c2)c1. The molecule has 3 rings (SSSR count). The molecule has 1 saturated carbocycles. The number of benzene rings is 2. The zero-order chi connectivity index (χ0) is 25.8. The van der Waals surface area contributed by atoms with Gasteiger partial charge in [-0.25, -0.2) is 4.79 Å². The lowest BCUT2D eigenvalue weighted by molar-refractivity contribution is 0.0804. The molecule has 2 aromatic carbocycles. The molecular weight excluding hydrogens is 478 g/mol. The van der Waals surface area contributed by atoms with Crippen LogP contribution in [0.3, 0.4) is 0 Å². The fourth-order valence-electron chi connectivity index (χ4n) is 4.83. The van der Waals surface area contributed by atoms with Gasteiger partial charge >= 0.3 is 6.09 Å². The lowest BCUT2D eigenvalue weighted by Gasteiger charge is -2.27. The number of nitrogens with one attached hydrogen (secondary N) is 3. The van der Waals surface area contributed by atoms with Gasteiger partial charge in [0.25, 0.3) is 5.91 Å². The predicted octanol–water partition coefficient (Wildman–Crippen LogP) is 5.09. The standard InChI is InChI=1S/C28H38ClN3O4/c1-30-19-25(16-20-8-4-3-5-9-20)32-27(33)23-12-6-10-21(17-23)26(22-11-7-13-24(29)18-22)36-15-14-31-28(34)35-2/h6-7,10-13,17-18,20,25-26,30H,3-5,8-9,14-16,19H2,1-2H3,(H,31,34)(H,32,33)/t25-,26?/m0/s1. The second-order valence-corrected chi connectivity index (χ2v) is 9.75. The molecule has 1 unspecified atom stereocenters. The van der Waals surface area contributed by atoms with Gasteiger partial charge in [-0.2, -0.15) is 0 Å². The summed E-state index contributed by atoms with van der Waals surface area (Å²) in [7, 11) is 3.24. The van der Waals surface area contributed by atoms with E-state index in [1.807, 2.05) is 49.5 Å². The third-order valence-electron chi connectivity index (χ3n) is 6.57. The largest absolute Gasteiger partial charge is 0.453 e. The van der Waals surface area contributed by atoms with E-state index >= 15 is 0 Å². The van der Waals surface area contributed by atoms with E-state index in [9.17, 15) is 9.59 Å². The molecule has 0 aromatic heterocycles. The number of carbonyl (C=O) groups is 2. The number of methoxy groups -OCH3 is 1. The molecule has 36 heavy (non-hydrogen) atoms. The monoisotopic (exact) mass is 515 g/mol. The summed E-state index contributed by atoms with van der Waals surface area (Å²) >= 11 is 6.25. The van der Waals surface area contributed by atoms with Gasteiger partial charge in [-0.3, -0.25) is 4.79 Å². The van der Waals surface area contributed by atoms with E-state index in [0.29, 0.717) is 16.5 Å². The van der Waals surface area contributed by atoms with Gasteiger partial charge in [-0.15, -0.1) is 0 Å². The molecule has 0 bridgehead atoms. The zero-order valence-corrected chi connectivity index (χ0v) is 22.0. The Morgan fingerprint density at radius 2 is 1.78 bits per heavy atom. The highest BCUT2D eigenvalue weighted by Gasteiger charge is 2.22. The fraction of sp³-hybridized carbons (Fsp3) is 0.500. The number of carbonyl (C=O) groups excluding carboxylic acids is 2. The third-order valence-corrected chi connectivity index (χ3v) is 6.81. The van der Waals surface area contributed by atoms with Crippen LogP contribution in [0.25, 0.3) is 0 Å². The molecule has 2 atom stereocenters. The molecule has 8 heteroatoms. The van der Waals surface area contributed by atoms with Gasteiger partial charge in [0.05, 0.1) is 13.7 Å². The molecule has 1 aliphatic rings. The maximum atomic E-state index is 13.2. The first-order valence-corrected chi connectivity index (χ1v) is 13.1. The summed E-state index contributed by atoms with van der Waals surface area (Å²) in [6.45, 7) is 1.29. The average molecular weight is 516 g/mol. The summed E-state index contributed by atoms with van der Waals surface area (Å²) in [4.78, 5) is 24.6. The van der Waals surface area contributed by atoms with Gasteiger partial charge < -0.3 is 25.4 Å². The van der Waals surface area contributed by atoms with Crippen molar-refractivity contribution in [1.82, 2.24) is 16.0 Å². The van der Waals surface area contributed by atoms with Crippen LogP contribution >= 0.6 is 11.6 Å². The molecule has 0 aliphatic heterocycles. The van der Waals surface area contributed by atoms with E-state index < -0.39 is 12.2 Å². The van der Waals surface area contributed by atoms with Crippen molar-refractivity contribution < 1.29 is 19.1 Å². The van der Waals surface area contributed by atoms with Crippen molar-refractivity contribution >= 4 is 23.6 Å². The molecule has 7 nitrogen and oxygen atoms in total. The molecule has 2 amide bonds. The Kier molecular flexibility index (Phi) is 11.5. The van der Waals surface area contributed by atoms with Crippen LogP contribution in [0.5, 0.6) is 0 Å². The highest BCUT2D eigenvalue weighted by atomic mass is 35.5. The summed E-state index contributed by atoms with van der Waals surface area (Å²) in [5.74, 6) is 0.577. The van der Waals surface area contributed by atoms with Crippen LogP contribution in [0, 0.1) is 5.92 Å². The van der Waals surface area contributed by atoms with Gasteiger partial charge in [0.2, 0.25) is 0 Å². The van der Waals surface area contributed by atoms with Gasteiger partial charge in [0, 0.05) is 29.7 Å². The Hall–Kier alpha value is -2.61. The van der Waals surface area contributed by atoms with Crippen LogP contribution < -0.4 is 16.0 Å². The number of hydrogen-bond donors (Lipinski definition) is 3. The Balaban J connectivity index is 1.73. The van der Waals surface area contributed by atoms with Gasteiger partial charge in [0.1, 0.15) is 6.10 Å². The molecular formula is C28H38ClN3O4. The number of ether oxygens (including phenoxy) is 2. The quantitative estimate of drug-likeness (QED) is 0.343. The highest BCUT2D eigenvalue weighted by Crippen LogP contribution is 2.29. The lowest BCUT2D eigenvalue weighted by Crippen LogP contribution is -2.42. The first-order chi connectivity index (χ1) is 17.5. The fourth-order valence-corrected chi connectivity index (χ4v) is 5.03. The second-order valence-electron chi connectivity index (χ2n) is 9.32. The second kappa shape index (κ2) is 14.8. The van der Waals surface area contributed by atoms with Crippen molar-refractivity contribution in [2.75, 3.05) is 33.9 Å². The summed E-state index contributed by atoms with van der Waals surface area (Å²) in [5.41, 5.74) is 2.28. The minimum Gasteiger partial charge on any atom is -0.453 e. The summed E-state index contributed by atoms with van der Waals surface area (Å²) in [5, 5.41) is 9.68. The lowest BCUT2D eigenvalue weighted by atomic mass is 9.84. The van der Waals surface area contributed by atoms with Crippen molar-refractivity contribution in [2.45, 2.75) is 50.7 Å². The zero-order valence-electron chi connectivity index (χ0n) is 21.2. The van der Waals surface area contributed by atoms with Gasteiger partial charge in [-0.05, 0) is 54.8 Å². The van der Waals surface area contributed by atoms with Crippen LogP contribution in [0.2, 0.25) is 5.02 Å². The van der Waals surface area contributed by atoms with E-state index in [-0.39, 0.29) is 25.1 Å². The number of alkyl carbamates (subject to hydrolysis) is 1. The minimum atomic E-state index is -0.513. The van der Waals surface area contributed by atoms with E-state index in [4.69, 9.17) is 16.3 Å². The number of rotatable bonds is 12. The molecule has 1 aliphatic carbocycles.